The molecule has 2 N–H and O–H groups in total. The molecule has 2 nitrogen and oxygen atoms in total. The number of rotatable bonds is 3. The number of benzene rings is 1. The molecule has 2 rings (SSSR count). The van der Waals surface area contributed by atoms with E-state index in [9.17, 15) is 0 Å². The van der Waals surface area contributed by atoms with Gasteiger partial charge in [-0.05, 0) is 43.0 Å². The van der Waals surface area contributed by atoms with Crippen molar-refractivity contribution in [2.75, 3.05) is 13.1 Å². The summed E-state index contributed by atoms with van der Waals surface area (Å²) in [7, 11) is 0. The van der Waals surface area contributed by atoms with Crippen LogP contribution in [-0.4, -0.2) is 24.0 Å². The van der Waals surface area contributed by atoms with Gasteiger partial charge in [-0.15, -0.1) is 0 Å². The molecule has 1 fully saturated rings. The van der Waals surface area contributed by atoms with E-state index in [2.05, 4.69) is 11.8 Å². The average molecular weight is 287 g/mol. The van der Waals surface area contributed by atoms with Gasteiger partial charge in [0.25, 0.3) is 0 Å². The first-order valence-corrected chi connectivity index (χ1v) is 7.23. The Bertz CT molecular complexity index is 409. The van der Waals surface area contributed by atoms with Crippen LogP contribution in [0.25, 0.3) is 0 Å². The summed E-state index contributed by atoms with van der Waals surface area (Å²) in [5.41, 5.74) is 7.08. The van der Waals surface area contributed by atoms with Crippen molar-refractivity contribution < 1.29 is 0 Å². The summed E-state index contributed by atoms with van der Waals surface area (Å²) in [6.07, 6.45) is 2.44. The Hall–Kier alpha value is -0.280. The number of nitrogens with two attached hydrogens (primary N) is 1. The molecule has 0 radical (unpaired) electrons. The van der Waals surface area contributed by atoms with Gasteiger partial charge in [-0.2, -0.15) is 0 Å². The normalized spacial score (nSPS) is 25.3. The van der Waals surface area contributed by atoms with Gasteiger partial charge < -0.3 is 5.73 Å². The molecule has 0 amide bonds. The zero-order valence-electron chi connectivity index (χ0n) is 10.7. The van der Waals surface area contributed by atoms with E-state index in [-0.39, 0.29) is 0 Å². The second-order valence-electron chi connectivity index (χ2n) is 5.24. The molecule has 1 aliphatic rings. The standard InChI is InChI=1S/C14H20Cl2N2/c1-10-4-5-18(12(6-10)8-17)9-11-2-3-13(15)14(16)7-11/h2-3,7,10,12H,4-6,8-9,17H2,1H3. The monoisotopic (exact) mass is 286 g/mol. The summed E-state index contributed by atoms with van der Waals surface area (Å²) >= 11 is 12.0. The molecular formula is C14H20Cl2N2. The topological polar surface area (TPSA) is 29.3 Å². The lowest BCUT2D eigenvalue weighted by atomic mass is 9.92. The molecule has 1 heterocycles. The average Bonchev–Trinajstić information content (AvgIpc) is 2.36. The lowest BCUT2D eigenvalue weighted by molar-refractivity contribution is 0.115. The minimum absolute atomic E-state index is 0.489. The molecule has 0 saturated carbocycles. The first-order chi connectivity index (χ1) is 8.60. The summed E-state index contributed by atoms with van der Waals surface area (Å²) in [4.78, 5) is 2.46. The van der Waals surface area contributed by atoms with Crippen LogP contribution in [0, 0.1) is 5.92 Å². The molecule has 0 aliphatic carbocycles. The largest absolute Gasteiger partial charge is 0.329 e. The van der Waals surface area contributed by atoms with E-state index < -0.39 is 0 Å². The molecule has 1 aromatic rings. The van der Waals surface area contributed by atoms with Gasteiger partial charge in [0.2, 0.25) is 0 Å². The highest BCUT2D eigenvalue weighted by Gasteiger charge is 2.25. The molecular weight excluding hydrogens is 267 g/mol. The molecule has 0 spiro atoms. The Morgan fingerprint density at radius 1 is 1.33 bits per heavy atom. The van der Waals surface area contributed by atoms with E-state index >= 15 is 0 Å². The van der Waals surface area contributed by atoms with E-state index in [1.807, 2.05) is 18.2 Å². The molecule has 1 saturated heterocycles. The lowest BCUT2D eigenvalue weighted by Gasteiger charge is -2.38. The zero-order chi connectivity index (χ0) is 13.1. The Labute approximate surface area is 119 Å². The molecule has 0 aromatic heterocycles. The van der Waals surface area contributed by atoms with Gasteiger partial charge in [-0.25, -0.2) is 0 Å². The maximum absolute atomic E-state index is 6.05. The van der Waals surface area contributed by atoms with E-state index in [0.717, 1.165) is 25.6 Å². The van der Waals surface area contributed by atoms with Crippen LogP contribution in [0.1, 0.15) is 25.3 Å². The molecule has 0 bridgehead atoms. The van der Waals surface area contributed by atoms with Crippen molar-refractivity contribution in [3.8, 4) is 0 Å². The maximum atomic E-state index is 6.05. The molecule has 100 valence electrons. The van der Waals surface area contributed by atoms with Crippen molar-refractivity contribution in [3.63, 3.8) is 0 Å². The number of hydrogen-bond donors (Lipinski definition) is 1. The summed E-state index contributed by atoms with van der Waals surface area (Å²) in [5.74, 6) is 0.781. The summed E-state index contributed by atoms with van der Waals surface area (Å²) in [6.45, 7) is 5.06. The Kier molecular flexibility index (Phi) is 4.91. The second kappa shape index (κ2) is 6.25. The van der Waals surface area contributed by atoms with Crippen molar-refractivity contribution in [3.05, 3.63) is 33.8 Å². The van der Waals surface area contributed by atoms with Gasteiger partial charge in [0.1, 0.15) is 0 Å². The number of halogens is 2. The van der Waals surface area contributed by atoms with Crippen LogP contribution in [0.2, 0.25) is 10.0 Å². The van der Waals surface area contributed by atoms with Gasteiger partial charge in [0.15, 0.2) is 0 Å². The van der Waals surface area contributed by atoms with Gasteiger partial charge in [-0.3, -0.25) is 4.90 Å². The van der Waals surface area contributed by atoms with E-state index in [1.165, 1.54) is 18.4 Å². The van der Waals surface area contributed by atoms with Crippen molar-refractivity contribution in [1.82, 2.24) is 4.90 Å². The summed E-state index contributed by atoms with van der Waals surface area (Å²) in [5, 5.41) is 1.24. The highest BCUT2D eigenvalue weighted by atomic mass is 35.5. The third-order valence-electron chi connectivity index (χ3n) is 3.74. The molecule has 1 aromatic carbocycles. The number of hydrogen-bond acceptors (Lipinski definition) is 2. The molecule has 2 atom stereocenters. The van der Waals surface area contributed by atoms with Crippen LogP contribution in [0.3, 0.4) is 0 Å². The van der Waals surface area contributed by atoms with Crippen LogP contribution in [-0.2, 0) is 6.54 Å². The predicted molar refractivity (Wildman–Crippen MR) is 78.1 cm³/mol. The Balaban J connectivity index is 2.05. The third-order valence-corrected chi connectivity index (χ3v) is 4.48. The quantitative estimate of drug-likeness (QED) is 0.921. The Morgan fingerprint density at radius 3 is 2.78 bits per heavy atom. The maximum Gasteiger partial charge on any atom is 0.0595 e. The van der Waals surface area contributed by atoms with Crippen LogP contribution in [0.4, 0.5) is 0 Å². The first kappa shape index (κ1) is 14.1. The fourth-order valence-electron chi connectivity index (χ4n) is 2.63. The fraction of sp³-hybridized carbons (Fsp3) is 0.571. The molecule has 1 aliphatic heterocycles. The van der Waals surface area contributed by atoms with Crippen LogP contribution >= 0.6 is 23.2 Å². The summed E-state index contributed by atoms with van der Waals surface area (Å²) < 4.78 is 0. The third kappa shape index (κ3) is 3.39. The van der Waals surface area contributed by atoms with Gasteiger partial charge in [0.05, 0.1) is 10.0 Å². The Morgan fingerprint density at radius 2 is 2.11 bits per heavy atom. The number of piperidine rings is 1. The minimum atomic E-state index is 0.489. The molecule has 18 heavy (non-hydrogen) atoms. The van der Waals surface area contributed by atoms with Crippen LogP contribution < -0.4 is 5.73 Å². The van der Waals surface area contributed by atoms with Crippen molar-refractivity contribution in [2.24, 2.45) is 11.7 Å². The van der Waals surface area contributed by atoms with Gasteiger partial charge >= 0.3 is 0 Å². The fourth-order valence-corrected chi connectivity index (χ4v) is 2.95. The van der Waals surface area contributed by atoms with E-state index in [1.54, 1.807) is 0 Å². The van der Waals surface area contributed by atoms with Crippen LogP contribution in [0.5, 0.6) is 0 Å². The SMILES string of the molecule is CC1CCN(Cc2ccc(Cl)c(Cl)c2)C(CN)C1. The smallest absolute Gasteiger partial charge is 0.0595 e. The second-order valence-corrected chi connectivity index (χ2v) is 6.05. The van der Waals surface area contributed by atoms with Crippen LogP contribution in [0.15, 0.2) is 18.2 Å². The number of likely N-dealkylation sites (tertiary alicyclic amines) is 1. The highest BCUT2D eigenvalue weighted by Crippen LogP contribution is 2.26. The molecule has 2 unspecified atom stereocenters. The van der Waals surface area contributed by atoms with E-state index in [4.69, 9.17) is 28.9 Å². The lowest BCUT2D eigenvalue weighted by Crippen LogP contribution is -2.45. The zero-order valence-corrected chi connectivity index (χ0v) is 12.2. The minimum Gasteiger partial charge on any atom is -0.329 e. The summed E-state index contributed by atoms with van der Waals surface area (Å²) in [6, 6.07) is 6.35. The molecule has 4 heteroatoms. The van der Waals surface area contributed by atoms with E-state index in [0.29, 0.717) is 16.1 Å². The first-order valence-electron chi connectivity index (χ1n) is 6.48. The van der Waals surface area contributed by atoms with Crippen molar-refractivity contribution in [1.29, 1.82) is 0 Å². The van der Waals surface area contributed by atoms with Gasteiger partial charge in [-0.1, -0.05) is 36.2 Å². The highest BCUT2D eigenvalue weighted by molar-refractivity contribution is 6.42. The van der Waals surface area contributed by atoms with Crippen molar-refractivity contribution >= 4 is 23.2 Å². The van der Waals surface area contributed by atoms with Gasteiger partial charge in [0, 0.05) is 19.1 Å². The van der Waals surface area contributed by atoms with Crippen molar-refractivity contribution in [2.45, 2.75) is 32.4 Å². The predicted octanol–water partition coefficient (Wildman–Crippen LogP) is 3.55. The number of nitrogens with zero attached hydrogens (tertiary/aromatic N) is 1.